The van der Waals surface area contributed by atoms with Crippen LogP contribution in [-0.4, -0.2) is 42.2 Å². The molecule has 0 aromatic rings. The van der Waals surface area contributed by atoms with Gasteiger partial charge in [-0.25, -0.2) is 0 Å². The largest absolute Gasteiger partial charge is 0.520 e. The molecule has 0 spiro atoms. The van der Waals surface area contributed by atoms with Gasteiger partial charge in [0.25, 0.3) is 0 Å². The molecular weight excluding hydrogens is 202 g/mol. The van der Waals surface area contributed by atoms with Crippen molar-refractivity contribution in [2.45, 2.75) is 19.8 Å². The van der Waals surface area contributed by atoms with E-state index in [-0.39, 0.29) is 5.91 Å². The summed E-state index contributed by atoms with van der Waals surface area (Å²) in [5, 5.41) is 2.73. The Bertz CT molecular complexity index is 164. The van der Waals surface area contributed by atoms with Crippen molar-refractivity contribution in [2.24, 2.45) is 0 Å². The molecule has 0 bridgehead atoms. The van der Waals surface area contributed by atoms with Crippen molar-refractivity contribution in [3.05, 3.63) is 0 Å². The first-order valence-electron chi connectivity index (χ1n) is 4.56. The molecule has 6 heteroatoms. The van der Waals surface area contributed by atoms with Crippen LogP contribution in [0, 0.1) is 0 Å². The third-order valence-electron chi connectivity index (χ3n) is 1.91. The zero-order chi connectivity index (χ0) is 11.0. The smallest absolute Gasteiger partial charge is 0.376 e. The molecule has 0 fully saturated rings. The number of hydrogen-bond acceptors (Lipinski definition) is 4. The van der Waals surface area contributed by atoms with Gasteiger partial charge in [0.05, 0.1) is 6.17 Å². The number of carbonyl (C=O) groups is 1. The average Bonchev–Trinajstić information content (AvgIpc) is 2.21. The van der Waals surface area contributed by atoms with Gasteiger partial charge in [-0.3, -0.25) is 4.79 Å². The standard InChI is InChI=1S/C8H19NO4Si/c1-5-6-8(10)9-7-14(11-2,12-3)13-4/h5-7H2,1-4H3,(H,9,10). The molecule has 0 radical (unpaired) electrons. The second kappa shape index (κ2) is 6.94. The first kappa shape index (κ1) is 13.6. The van der Waals surface area contributed by atoms with Crippen LogP contribution in [-0.2, 0) is 18.1 Å². The maximum absolute atomic E-state index is 11.2. The number of amides is 1. The van der Waals surface area contributed by atoms with Crippen molar-refractivity contribution >= 4 is 14.7 Å². The Labute approximate surface area is 86.1 Å². The zero-order valence-corrected chi connectivity index (χ0v) is 10.3. The Balaban J connectivity index is 3.99. The molecule has 0 saturated carbocycles. The molecule has 84 valence electrons. The minimum Gasteiger partial charge on any atom is -0.376 e. The van der Waals surface area contributed by atoms with E-state index in [1.165, 1.54) is 21.3 Å². The van der Waals surface area contributed by atoms with Crippen molar-refractivity contribution < 1.29 is 18.1 Å². The minimum absolute atomic E-state index is 0.00414. The van der Waals surface area contributed by atoms with Gasteiger partial charge in [-0.2, -0.15) is 0 Å². The van der Waals surface area contributed by atoms with Crippen molar-refractivity contribution in [3.8, 4) is 0 Å². The molecule has 0 aliphatic heterocycles. The van der Waals surface area contributed by atoms with Gasteiger partial charge >= 0.3 is 8.80 Å². The Hall–Kier alpha value is -0.433. The maximum atomic E-state index is 11.2. The summed E-state index contributed by atoms with van der Waals surface area (Å²) >= 11 is 0. The van der Waals surface area contributed by atoms with Crippen molar-refractivity contribution in [1.82, 2.24) is 5.32 Å². The van der Waals surface area contributed by atoms with Crippen LogP contribution in [0.25, 0.3) is 0 Å². The fourth-order valence-electron chi connectivity index (χ4n) is 0.989. The van der Waals surface area contributed by atoms with Gasteiger partial charge in [0.2, 0.25) is 5.91 Å². The number of hydrogen-bond donors (Lipinski definition) is 1. The summed E-state index contributed by atoms with van der Waals surface area (Å²) in [4.78, 5) is 11.2. The molecule has 0 aliphatic carbocycles. The molecule has 0 heterocycles. The van der Waals surface area contributed by atoms with Crippen LogP contribution < -0.4 is 5.32 Å². The van der Waals surface area contributed by atoms with Gasteiger partial charge in [0.1, 0.15) is 0 Å². The van der Waals surface area contributed by atoms with Crippen molar-refractivity contribution in [2.75, 3.05) is 27.5 Å². The van der Waals surface area contributed by atoms with Crippen LogP contribution in [0.3, 0.4) is 0 Å². The zero-order valence-electron chi connectivity index (χ0n) is 9.25. The summed E-state index contributed by atoms with van der Waals surface area (Å²) in [7, 11) is 1.92. The van der Waals surface area contributed by atoms with E-state index in [4.69, 9.17) is 13.3 Å². The van der Waals surface area contributed by atoms with Crippen LogP contribution in [0.4, 0.5) is 0 Å². The van der Waals surface area contributed by atoms with Crippen molar-refractivity contribution in [1.29, 1.82) is 0 Å². The fourth-order valence-corrected chi connectivity index (χ4v) is 2.34. The second-order valence-corrected chi connectivity index (χ2v) is 5.77. The summed E-state index contributed by atoms with van der Waals surface area (Å²) in [6.45, 7) is 1.95. The highest BCUT2D eigenvalue weighted by molar-refractivity contribution is 6.61. The molecule has 1 amide bonds. The summed E-state index contributed by atoms with van der Waals surface area (Å²) in [5.41, 5.74) is 0. The third-order valence-corrected chi connectivity index (χ3v) is 4.39. The Morgan fingerprint density at radius 1 is 1.21 bits per heavy atom. The highest BCUT2D eigenvalue weighted by Gasteiger charge is 2.38. The number of rotatable bonds is 7. The first-order chi connectivity index (χ1) is 6.64. The highest BCUT2D eigenvalue weighted by atomic mass is 28.4. The van der Waals surface area contributed by atoms with Gasteiger partial charge in [-0.15, -0.1) is 0 Å². The number of nitrogens with one attached hydrogen (secondary N) is 1. The van der Waals surface area contributed by atoms with Gasteiger partial charge in [0, 0.05) is 27.8 Å². The van der Waals surface area contributed by atoms with E-state index in [0.717, 1.165) is 6.42 Å². The normalized spacial score (nSPS) is 11.4. The summed E-state index contributed by atoms with van der Waals surface area (Å²) in [6, 6.07) is 0. The molecular formula is C8H19NO4Si. The molecule has 5 nitrogen and oxygen atoms in total. The molecule has 0 atom stereocenters. The monoisotopic (exact) mass is 221 g/mol. The van der Waals surface area contributed by atoms with Gasteiger partial charge < -0.3 is 18.6 Å². The quantitative estimate of drug-likeness (QED) is 0.629. The van der Waals surface area contributed by atoms with Gasteiger partial charge in [0.15, 0.2) is 0 Å². The lowest BCUT2D eigenvalue weighted by atomic mass is 10.3. The molecule has 0 aliphatic rings. The molecule has 0 aromatic heterocycles. The van der Waals surface area contributed by atoms with E-state index in [9.17, 15) is 4.79 Å². The van der Waals surface area contributed by atoms with E-state index in [1.807, 2.05) is 6.92 Å². The molecule has 0 aromatic carbocycles. The van der Waals surface area contributed by atoms with Crippen molar-refractivity contribution in [3.63, 3.8) is 0 Å². The van der Waals surface area contributed by atoms with Crippen LogP contribution in [0.15, 0.2) is 0 Å². The van der Waals surface area contributed by atoms with E-state index in [0.29, 0.717) is 12.6 Å². The van der Waals surface area contributed by atoms with E-state index in [1.54, 1.807) is 0 Å². The first-order valence-corrected chi connectivity index (χ1v) is 6.49. The highest BCUT2D eigenvalue weighted by Crippen LogP contribution is 2.03. The van der Waals surface area contributed by atoms with Crippen LogP contribution in [0.1, 0.15) is 19.8 Å². The lowest BCUT2D eigenvalue weighted by molar-refractivity contribution is -0.121. The maximum Gasteiger partial charge on any atom is 0.520 e. The van der Waals surface area contributed by atoms with Gasteiger partial charge in [-0.05, 0) is 6.42 Å². The van der Waals surface area contributed by atoms with Crippen LogP contribution >= 0.6 is 0 Å². The third kappa shape index (κ3) is 4.19. The molecule has 0 rings (SSSR count). The minimum atomic E-state index is -2.64. The van der Waals surface area contributed by atoms with Gasteiger partial charge in [-0.1, -0.05) is 6.92 Å². The molecule has 0 unspecified atom stereocenters. The van der Waals surface area contributed by atoms with E-state index in [2.05, 4.69) is 5.32 Å². The average molecular weight is 221 g/mol. The lowest BCUT2D eigenvalue weighted by Crippen LogP contribution is -2.53. The molecule has 0 saturated heterocycles. The summed E-state index contributed by atoms with van der Waals surface area (Å²) in [6.07, 6.45) is 1.66. The SMILES string of the molecule is CCCC(=O)NC[Si](OC)(OC)OC. The number of carbonyl (C=O) groups excluding carboxylic acids is 1. The predicted molar refractivity (Wildman–Crippen MR) is 54.7 cm³/mol. The molecule has 1 N–H and O–H groups in total. The summed E-state index contributed by atoms with van der Waals surface area (Å²) in [5.74, 6) is -0.00414. The molecule has 14 heavy (non-hydrogen) atoms. The van der Waals surface area contributed by atoms with Crippen LogP contribution in [0.2, 0.25) is 0 Å². The van der Waals surface area contributed by atoms with Crippen LogP contribution in [0.5, 0.6) is 0 Å². The summed E-state index contributed by atoms with van der Waals surface area (Å²) < 4.78 is 15.4. The topological polar surface area (TPSA) is 56.8 Å². The van der Waals surface area contributed by atoms with E-state index >= 15 is 0 Å². The second-order valence-electron chi connectivity index (χ2n) is 2.82. The van der Waals surface area contributed by atoms with E-state index < -0.39 is 8.80 Å². The Morgan fingerprint density at radius 3 is 2.07 bits per heavy atom. The Kier molecular flexibility index (Phi) is 6.72. The predicted octanol–water partition coefficient (Wildman–Crippen LogP) is 0.320. The Morgan fingerprint density at radius 2 is 1.71 bits per heavy atom. The lowest BCUT2D eigenvalue weighted by Gasteiger charge is -2.24. The fraction of sp³-hybridized carbons (Fsp3) is 0.875.